The first-order valence-corrected chi connectivity index (χ1v) is 14.3. The molecule has 5 rings (SSSR count). The van der Waals surface area contributed by atoms with Crippen molar-refractivity contribution in [3.63, 3.8) is 0 Å². The minimum Gasteiger partial charge on any atom is -0.487 e. The second kappa shape index (κ2) is 13.3. The number of ether oxygens (including phenoxy) is 4. The van der Waals surface area contributed by atoms with Crippen molar-refractivity contribution < 1.29 is 53.3 Å². The first-order valence-electron chi connectivity index (χ1n) is 14.3. The summed E-state index contributed by atoms with van der Waals surface area (Å²) in [4.78, 5) is 8.76. The van der Waals surface area contributed by atoms with Gasteiger partial charge >= 0.3 is 6.61 Å². The van der Waals surface area contributed by atoms with Gasteiger partial charge in [-0.3, -0.25) is 4.98 Å². The Balaban J connectivity index is 1.40. The van der Waals surface area contributed by atoms with Crippen LogP contribution in [0.1, 0.15) is 55.0 Å². The van der Waals surface area contributed by atoms with Gasteiger partial charge in [0.15, 0.2) is 11.5 Å². The fourth-order valence-corrected chi connectivity index (χ4v) is 4.91. The highest BCUT2D eigenvalue weighted by Crippen LogP contribution is 2.39. The Hall–Kier alpha value is -3.46. The Morgan fingerprint density at radius 3 is 2.25 bits per heavy atom. The fraction of sp³-hybridized carbons (Fsp3) is 0.484. The van der Waals surface area contributed by atoms with E-state index < -0.39 is 49.5 Å². The topological polar surface area (TPSA) is 164 Å². The molecule has 1 saturated carbocycles. The summed E-state index contributed by atoms with van der Waals surface area (Å²) in [5.74, 6) is -0.0991. The number of aromatic nitrogens is 2. The number of nitrogens with zero attached hydrogens (tertiary/aromatic N) is 2. The van der Waals surface area contributed by atoms with E-state index in [1.807, 2.05) is 6.07 Å². The van der Waals surface area contributed by atoms with Crippen LogP contribution in [0, 0.1) is 0 Å². The zero-order chi connectivity index (χ0) is 31.6. The van der Waals surface area contributed by atoms with Crippen molar-refractivity contribution in [2.45, 2.75) is 88.1 Å². The van der Waals surface area contributed by atoms with Gasteiger partial charge in [-0.2, -0.15) is 8.78 Å². The predicted octanol–water partition coefficient (Wildman–Crippen LogP) is 2.40. The number of benzene rings is 1. The summed E-state index contributed by atoms with van der Waals surface area (Å²) in [6.07, 6.45) is -1.98. The molecule has 5 N–H and O–H groups in total. The highest BCUT2D eigenvalue weighted by Gasteiger charge is 2.44. The maximum absolute atomic E-state index is 13.1. The van der Waals surface area contributed by atoms with Gasteiger partial charge in [-0.15, -0.1) is 0 Å². The van der Waals surface area contributed by atoms with Gasteiger partial charge in [0.2, 0.25) is 12.2 Å². The second-order valence-electron chi connectivity index (χ2n) is 11.5. The molecule has 2 fully saturated rings. The molecule has 1 saturated heterocycles. The molecule has 3 aromatic rings. The lowest BCUT2D eigenvalue weighted by atomic mass is 9.86. The van der Waals surface area contributed by atoms with E-state index in [4.69, 9.17) is 18.9 Å². The van der Waals surface area contributed by atoms with Crippen molar-refractivity contribution in [2.24, 2.45) is 0 Å². The number of hydrogen-bond acceptors (Lipinski definition) is 11. The molecule has 0 radical (unpaired) electrons. The molecule has 2 aromatic heterocycles. The summed E-state index contributed by atoms with van der Waals surface area (Å²) in [6.45, 7) is -0.330. The lowest BCUT2D eigenvalue weighted by Crippen LogP contribution is -2.60. The highest BCUT2D eigenvalue weighted by molar-refractivity contribution is 5.47. The third-order valence-electron chi connectivity index (χ3n) is 7.54. The Bertz CT molecular complexity index is 1380. The van der Waals surface area contributed by atoms with Gasteiger partial charge in [0.1, 0.15) is 30.0 Å². The van der Waals surface area contributed by atoms with Gasteiger partial charge in [0, 0.05) is 24.4 Å². The van der Waals surface area contributed by atoms with Crippen LogP contribution in [0.25, 0.3) is 0 Å². The third-order valence-corrected chi connectivity index (χ3v) is 7.54. The summed E-state index contributed by atoms with van der Waals surface area (Å²) >= 11 is 0. The average molecular weight is 619 g/mol. The van der Waals surface area contributed by atoms with Gasteiger partial charge in [-0.1, -0.05) is 18.2 Å². The molecule has 0 spiro atoms. The van der Waals surface area contributed by atoms with Crippen molar-refractivity contribution in [1.82, 2.24) is 9.97 Å². The Morgan fingerprint density at radius 2 is 1.66 bits per heavy atom. The molecular weight excluding hydrogens is 582 g/mol. The van der Waals surface area contributed by atoms with Gasteiger partial charge in [0.05, 0.1) is 18.4 Å². The first kappa shape index (κ1) is 31.9. The van der Waals surface area contributed by atoms with Crippen LogP contribution in [-0.4, -0.2) is 85.5 Å². The summed E-state index contributed by atoms with van der Waals surface area (Å²) in [7, 11) is 0. The molecule has 11 nitrogen and oxygen atoms in total. The number of halogens is 2. The Labute approximate surface area is 252 Å². The van der Waals surface area contributed by atoms with Crippen molar-refractivity contribution >= 4 is 0 Å². The van der Waals surface area contributed by atoms with Gasteiger partial charge in [-0.05, 0) is 68.0 Å². The van der Waals surface area contributed by atoms with Crippen LogP contribution in [0.15, 0.2) is 54.9 Å². The van der Waals surface area contributed by atoms with Crippen molar-refractivity contribution in [1.29, 1.82) is 0 Å². The van der Waals surface area contributed by atoms with Crippen molar-refractivity contribution in [3.05, 3.63) is 77.2 Å². The lowest BCUT2D eigenvalue weighted by Gasteiger charge is -2.39. The standard InChI is InChI=1S/C31H36F2N2O9/c1-31(2,40)24-9-5-18(14-34-24)20(17-4-8-21(43-30(32)33)22(12-17)41-19-6-7-19)11-16-3-10-25(35-13-16)44-29-28(39)27(38)26(37)23(15-36)42-29/h3-5,8-10,12-14,19-20,23,26-30,36-40H,6-7,11,15H2,1-2H3/t20-,23+,26+,27-,28+,29-/m0/s1. The molecule has 2 aliphatic rings. The van der Waals surface area contributed by atoms with Crippen molar-refractivity contribution in [3.8, 4) is 17.4 Å². The minimum absolute atomic E-state index is 0.0544. The molecule has 0 unspecified atom stereocenters. The zero-order valence-electron chi connectivity index (χ0n) is 24.2. The summed E-state index contributed by atoms with van der Waals surface area (Å²) in [6, 6.07) is 11.7. The average Bonchev–Trinajstić information content (AvgIpc) is 3.81. The molecule has 1 aliphatic carbocycles. The molecule has 0 bridgehead atoms. The van der Waals surface area contributed by atoms with E-state index in [0.717, 1.165) is 29.5 Å². The van der Waals surface area contributed by atoms with Crippen LogP contribution in [0.4, 0.5) is 8.78 Å². The van der Waals surface area contributed by atoms with Crippen LogP contribution in [0.3, 0.4) is 0 Å². The monoisotopic (exact) mass is 618 g/mol. The van der Waals surface area contributed by atoms with Crippen molar-refractivity contribution in [2.75, 3.05) is 6.61 Å². The smallest absolute Gasteiger partial charge is 0.387 e. The number of pyridine rings is 2. The van der Waals surface area contributed by atoms with E-state index in [1.54, 1.807) is 56.6 Å². The van der Waals surface area contributed by atoms with E-state index in [0.29, 0.717) is 12.1 Å². The SMILES string of the molecule is CC(C)(O)c1ccc([C@@H](Cc2ccc(O[C@@H]3O[C@H](CO)[C@@H](O)[C@H](O)[C@H]3O)nc2)c2ccc(OC(F)F)c(OC3CC3)c2)cn1. The molecule has 1 aliphatic heterocycles. The normalized spacial score (nSPS) is 24.6. The van der Waals surface area contributed by atoms with Crippen LogP contribution < -0.4 is 14.2 Å². The van der Waals surface area contributed by atoms with Gasteiger partial charge < -0.3 is 44.5 Å². The number of aliphatic hydroxyl groups excluding tert-OH is 4. The van der Waals surface area contributed by atoms with E-state index in [2.05, 4.69) is 9.97 Å². The van der Waals surface area contributed by atoms with Crippen LogP contribution in [-0.2, 0) is 16.8 Å². The molecular formula is C31H36F2N2O9. The van der Waals surface area contributed by atoms with Gasteiger partial charge in [0.25, 0.3) is 0 Å². The molecule has 238 valence electrons. The van der Waals surface area contributed by atoms with E-state index >= 15 is 0 Å². The Morgan fingerprint density at radius 1 is 0.909 bits per heavy atom. The molecule has 13 heteroatoms. The van der Waals surface area contributed by atoms with Crippen LogP contribution >= 0.6 is 0 Å². The lowest BCUT2D eigenvalue weighted by molar-refractivity contribution is -0.278. The predicted molar refractivity (Wildman–Crippen MR) is 150 cm³/mol. The second-order valence-corrected chi connectivity index (χ2v) is 11.5. The van der Waals surface area contributed by atoms with E-state index in [-0.39, 0.29) is 29.4 Å². The summed E-state index contributed by atoms with van der Waals surface area (Å²) in [5, 5.41) is 50.1. The van der Waals surface area contributed by atoms with Crippen LogP contribution in [0.5, 0.6) is 17.4 Å². The minimum atomic E-state index is -3.01. The molecule has 0 amide bonds. The highest BCUT2D eigenvalue weighted by atomic mass is 19.3. The third kappa shape index (κ3) is 7.60. The van der Waals surface area contributed by atoms with Crippen LogP contribution in [0.2, 0.25) is 0 Å². The zero-order valence-corrected chi connectivity index (χ0v) is 24.2. The maximum atomic E-state index is 13.1. The summed E-state index contributed by atoms with van der Waals surface area (Å²) < 4.78 is 47.8. The molecule has 1 aromatic carbocycles. The van der Waals surface area contributed by atoms with E-state index in [9.17, 15) is 34.3 Å². The summed E-state index contributed by atoms with van der Waals surface area (Å²) in [5.41, 5.74) is 1.64. The quantitative estimate of drug-likeness (QED) is 0.203. The van der Waals surface area contributed by atoms with Gasteiger partial charge in [-0.25, -0.2) is 4.98 Å². The number of rotatable bonds is 12. The fourth-order valence-electron chi connectivity index (χ4n) is 4.91. The molecule has 3 heterocycles. The number of hydrogen-bond donors (Lipinski definition) is 5. The Kier molecular flexibility index (Phi) is 9.63. The molecule has 44 heavy (non-hydrogen) atoms. The number of alkyl halides is 2. The maximum Gasteiger partial charge on any atom is 0.387 e. The number of aliphatic hydroxyl groups is 5. The largest absolute Gasteiger partial charge is 0.487 e. The van der Waals surface area contributed by atoms with E-state index in [1.165, 1.54) is 6.07 Å². The first-order chi connectivity index (χ1) is 20.9. The molecule has 6 atom stereocenters.